The molecule has 0 bridgehead atoms. The largest absolute Gasteiger partial charge is 0.497 e. The average molecular weight is 296 g/mol. The zero-order valence-electron chi connectivity index (χ0n) is 12.4. The van der Waals surface area contributed by atoms with Crippen molar-refractivity contribution in [3.8, 4) is 5.75 Å². The van der Waals surface area contributed by atoms with Crippen molar-refractivity contribution in [2.24, 2.45) is 0 Å². The highest BCUT2D eigenvalue weighted by Crippen LogP contribution is 2.21. The molecule has 0 saturated heterocycles. The molecule has 0 atom stereocenters. The van der Waals surface area contributed by atoms with Gasteiger partial charge in [0.25, 0.3) is 0 Å². The highest BCUT2D eigenvalue weighted by molar-refractivity contribution is 5.91. The monoisotopic (exact) mass is 296 g/mol. The lowest BCUT2D eigenvalue weighted by molar-refractivity contribution is -0.116. The summed E-state index contributed by atoms with van der Waals surface area (Å²) in [6.45, 7) is 1.84. The number of nitrogens with zero attached hydrogens (tertiary/aromatic N) is 4. The van der Waals surface area contributed by atoms with Gasteiger partial charge in [0.1, 0.15) is 17.9 Å². The second kappa shape index (κ2) is 5.85. The molecule has 22 heavy (non-hydrogen) atoms. The Kier molecular flexibility index (Phi) is 3.74. The van der Waals surface area contributed by atoms with Crippen LogP contribution in [0, 0.1) is 0 Å². The smallest absolute Gasteiger partial charge is 0.225 e. The molecule has 6 heteroatoms. The predicted molar refractivity (Wildman–Crippen MR) is 83.7 cm³/mol. The van der Waals surface area contributed by atoms with Crippen LogP contribution in [0.1, 0.15) is 6.92 Å². The Morgan fingerprint density at radius 2 is 1.91 bits per heavy atom. The first kappa shape index (κ1) is 14.1. The Labute approximate surface area is 127 Å². The van der Waals surface area contributed by atoms with E-state index in [9.17, 15) is 4.79 Å². The second-order valence-electron chi connectivity index (χ2n) is 4.86. The molecule has 0 radical (unpaired) electrons. The molecule has 6 nitrogen and oxygen atoms in total. The van der Waals surface area contributed by atoms with E-state index in [-0.39, 0.29) is 5.91 Å². The molecular weight excluding hydrogens is 280 g/mol. The molecule has 2 aromatic carbocycles. The lowest BCUT2D eigenvalue weighted by atomic mass is 10.2. The summed E-state index contributed by atoms with van der Waals surface area (Å²) in [6, 6.07) is 15.0. The molecule has 1 amide bonds. The van der Waals surface area contributed by atoms with E-state index in [1.54, 1.807) is 16.7 Å². The van der Waals surface area contributed by atoms with Crippen LogP contribution in [-0.2, 0) is 11.5 Å². The number of carbonyl (C=O) groups is 1. The van der Waals surface area contributed by atoms with Crippen molar-refractivity contribution in [1.29, 1.82) is 0 Å². The van der Waals surface area contributed by atoms with Crippen molar-refractivity contribution in [3.05, 3.63) is 48.5 Å². The third-order valence-corrected chi connectivity index (χ3v) is 3.46. The molecule has 0 aliphatic carbocycles. The molecule has 0 fully saturated rings. The minimum Gasteiger partial charge on any atom is -0.497 e. The van der Waals surface area contributed by atoms with E-state index >= 15 is 0 Å². The Morgan fingerprint density at radius 1 is 1.18 bits per heavy atom. The number of ether oxygens (including phenoxy) is 1. The van der Waals surface area contributed by atoms with E-state index < -0.39 is 0 Å². The number of anilines is 1. The van der Waals surface area contributed by atoms with E-state index in [0.29, 0.717) is 6.67 Å². The maximum Gasteiger partial charge on any atom is 0.225 e. The summed E-state index contributed by atoms with van der Waals surface area (Å²) in [5.41, 5.74) is 2.48. The Bertz CT molecular complexity index is 795. The standard InChI is InChI=1S/C16H16N4O2/c1-12(21)19(13-7-9-14(22-2)10-8-13)11-20-16-6-4-3-5-15(16)17-18-20/h3-10H,11H2,1-2H3. The molecule has 3 rings (SSSR count). The average Bonchev–Trinajstić information content (AvgIpc) is 2.95. The minimum absolute atomic E-state index is 0.0650. The van der Waals surface area contributed by atoms with E-state index in [4.69, 9.17) is 4.74 Å². The molecule has 1 aromatic heterocycles. The molecule has 0 spiro atoms. The van der Waals surface area contributed by atoms with Gasteiger partial charge in [-0.15, -0.1) is 5.10 Å². The zero-order chi connectivity index (χ0) is 15.5. The van der Waals surface area contributed by atoms with Crippen LogP contribution in [0.3, 0.4) is 0 Å². The topological polar surface area (TPSA) is 60.2 Å². The number of carbonyl (C=O) groups excluding carboxylic acids is 1. The number of fused-ring (bicyclic) bond motifs is 1. The summed E-state index contributed by atoms with van der Waals surface area (Å²) in [6.07, 6.45) is 0. The molecular formula is C16H16N4O2. The number of rotatable bonds is 4. The van der Waals surface area contributed by atoms with Crippen LogP contribution >= 0.6 is 0 Å². The number of hydrogen-bond acceptors (Lipinski definition) is 4. The third kappa shape index (κ3) is 2.63. The van der Waals surface area contributed by atoms with E-state index in [1.165, 1.54) is 6.92 Å². The summed E-state index contributed by atoms with van der Waals surface area (Å²) in [4.78, 5) is 13.6. The normalized spacial score (nSPS) is 10.6. The van der Waals surface area contributed by atoms with Gasteiger partial charge in [0, 0.05) is 12.6 Å². The van der Waals surface area contributed by atoms with Crippen LogP contribution in [0.2, 0.25) is 0 Å². The SMILES string of the molecule is COc1ccc(N(Cn2nnc3ccccc32)C(C)=O)cc1. The summed E-state index contributed by atoms with van der Waals surface area (Å²) in [5.74, 6) is 0.684. The molecule has 3 aromatic rings. The van der Waals surface area contributed by atoms with Gasteiger partial charge < -0.3 is 4.74 Å². The van der Waals surface area contributed by atoms with Gasteiger partial charge in [0.05, 0.1) is 12.6 Å². The molecule has 112 valence electrons. The highest BCUT2D eigenvalue weighted by Gasteiger charge is 2.14. The van der Waals surface area contributed by atoms with Gasteiger partial charge >= 0.3 is 0 Å². The van der Waals surface area contributed by atoms with Crippen LogP contribution in [0.25, 0.3) is 11.0 Å². The molecule has 0 aliphatic heterocycles. The van der Waals surface area contributed by atoms with E-state index in [2.05, 4.69) is 10.3 Å². The fourth-order valence-corrected chi connectivity index (χ4v) is 2.28. The van der Waals surface area contributed by atoms with Crippen molar-refractivity contribution >= 4 is 22.6 Å². The third-order valence-electron chi connectivity index (χ3n) is 3.46. The van der Waals surface area contributed by atoms with Crippen molar-refractivity contribution in [3.63, 3.8) is 0 Å². The first-order chi connectivity index (χ1) is 10.7. The fraction of sp³-hybridized carbons (Fsp3) is 0.188. The molecule has 0 unspecified atom stereocenters. The lowest BCUT2D eigenvalue weighted by Crippen LogP contribution is -2.31. The van der Waals surface area contributed by atoms with Crippen molar-refractivity contribution in [2.75, 3.05) is 12.0 Å². The fourth-order valence-electron chi connectivity index (χ4n) is 2.28. The first-order valence-corrected chi connectivity index (χ1v) is 6.89. The molecule has 0 aliphatic rings. The molecule has 0 saturated carbocycles. The van der Waals surface area contributed by atoms with Crippen molar-refractivity contribution in [2.45, 2.75) is 13.6 Å². The van der Waals surface area contributed by atoms with Crippen LogP contribution in [0.5, 0.6) is 5.75 Å². The van der Waals surface area contributed by atoms with Gasteiger partial charge in [0.15, 0.2) is 0 Å². The Morgan fingerprint density at radius 3 is 2.59 bits per heavy atom. The van der Waals surface area contributed by atoms with Gasteiger partial charge in [0.2, 0.25) is 5.91 Å². The van der Waals surface area contributed by atoms with Gasteiger partial charge in [-0.25, -0.2) is 4.68 Å². The summed E-state index contributed by atoms with van der Waals surface area (Å²) < 4.78 is 6.85. The summed E-state index contributed by atoms with van der Waals surface area (Å²) in [7, 11) is 1.61. The number of aromatic nitrogens is 3. The van der Waals surface area contributed by atoms with E-state index in [1.807, 2.05) is 48.5 Å². The molecule has 1 heterocycles. The van der Waals surface area contributed by atoms with Crippen LogP contribution < -0.4 is 9.64 Å². The van der Waals surface area contributed by atoms with Gasteiger partial charge in [-0.05, 0) is 36.4 Å². The maximum atomic E-state index is 12.0. The predicted octanol–water partition coefficient (Wildman–Crippen LogP) is 2.45. The van der Waals surface area contributed by atoms with Gasteiger partial charge in [-0.3, -0.25) is 9.69 Å². The van der Waals surface area contributed by atoms with Gasteiger partial charge in [-0.2, -0.15) is 0 Å². The maximum absolute atomic E-state index is 12.0. The number of hydrogen-bond donors (Lipinski definition) is 0. The van der Waals surface area contributed by atoms with Crippen molar-refractivity contribution in [1.82, 2.24) is 15.0 Å². The number of amides is 1. The number of para-hydroxylation sites is 1. The number of methoxy groups -OCH3 is 1. The zero-order valence-corrected chi connectivity index (χ0v) is 12.4. The van der Waals surface area contributed by atoms with Crippen molar-refractivity contribution < 1.29 is 9.53 Å². The Balaban J connectivity index is 1.93. The lowest BCUT2D eigenvalue weighted by Gasteiger charge is -2.21. The highest BCUT2D eigenvalue weighted by atomic mass is 16.5. The van der Waals surface area contributed by atoms with Crippen LogP contribution in [-0.4, -0.2) is 28.0 Å². The van der Waals surface area contributed by atoms with E-state index in [0.717, 1.165) is 22.5 Å². The second-order valence-corrected chi connectivity index (χ2v) is 4.86. The molecule has 0 N–H and O–H groups in total. The van der Waals surface area contributed by atoms with Crippen LogP contribution in [0.15, 0.2) is 48.5 Å². The summed E-state index contributed by atoms with van der Waals surface area (Å²) in [5, 5.41) is 8.23. The Hall–Kier alpha value is -2.89. The summed E-state index contributed by atoms with van der Waals surface area (Å²) >= 11 is 0. The van der Waals surface area contributed by atoms with Crippen LogP contribution in [0.4, 0.5) is 5.69 Å². The first-order valence-electron chi connectivity index (χ1n) is 6.89. The number of benzene rings is 2. The quantitative estimate of drug-likeness (QED) is 0.742. The minimum atomic E-state index is -0.0650. The van der Waals surface area contributed by atoms with Gasteiger partial charge in [-0.1, -0.05) is 17.3 Å².